The molecule has 4 nitrogen and oxygen atoms in total. The lowest BCUT2D eigenvalue weighted by Gasteiger charge is -2.06. The van der Waals surface area contributed by atoms with E-state index in [-0.39, 0.29) is 0 Å². The highest BCUT2D eigenvalue weighted by Gasteiger charge is 1.97. The molecule has 1 aromatic heterocycles. The Morgan fingerprint density at radius 2 is 2.15 bits per heavy atom. The number of nitrogens with one attached hydrogen (secondary N) is 1. The maximum absolute atomic E-state index is 5.00. The molecular weight excluding hydrogens is 270 g/mol. The van der Waals surface area contributed by atoms with Crippen LogP contribution in [-0.4, -0.2) is 35.6 Å². The molecule has 0 radical (unpaired) electrons. The van der Waals surface area contributed by atoms with Crippen LogP contribution in [0.1, 0.15) is 5.56 Å². The molecular formula is C15H21N3OS. The molecule has 0 saturated heterocycles. The van der Waals surface area contributed by atoms with E-state index >= 15 is 0 Å². The molecule has 0 amide bonds. The van der Waals surface area contributed by atoms with Crippen molar-refractivity contribution in [2.24, 2.45) is 0 Å². The summed E-state index contributed by atoms with van der Waals surface area (Å²) in [5.41, 5.74) is 1.31. The Balaban J connectivity index is 1.68. The van der Waals surface area contributed by atoms with Gasteiger partial charge in [-0.3, -0.25) is 0 Å². The number of methoxy groups -OCH3 is 1. The van der Waals surface area contributed by atoms with Crippen molar-refractivity contribution in [1.29, 1.82) is 0 Å². The molecule has 108 valence electrons. The highest BCUT2D eigenvalue weighted by atomic mass is 32.2. The average molecular weight is 291 g/mol. The Morgan fingerprint density at radius 3 is 2.85 bits per heavy atom. The average Bonchev–Trinajstić information content (AvgIpc) is 2.98. The second kappa shape index (κ2) is 8.79. The van der Waals surface area contributed by atoms with Crippen molar-refractivity contribution in [2.75, 3.05) is 26.0 Å². The zero-order valence-electron chi connectivity index (χ0n) is 11.8. The van der Waals surface area contributed by atoms with E-state index in [1.54, 1.807) is 7.11 Å². The third-order valence-corrected chi connectivity index (χ3v) is 3.91. The fourth-order valence-electron chi connectivity index (χ4n) is 1.80. The van der Waals surface area contributed by atoms with Gasteiger partial charge in [-0.25, -0.2) is 4.98 Å². The van der Waals surface area contributed by atoms with Crippen LogP contribution in [0.3, 0.4) is 0 Å². The zero-order valence-corrected chi connectivity index (χ0v) is 12.6. The summed E-state index contributed by atoms with van der Waals surface area (Å²) in [5.74, 6) is 1.06. The number of aromatic nitrogens is 2. The van der Waals surface area contributed by atoms with Crippen LogP contribution in [0, 0.1) is 0 Å². The Labute approximate surface area is 124 Å². The first-order chi connectivity index (χ1) is 9.88. The van der Waals surface area contributed by atoms with E-state index < -0.39 is 0 Å². The van der Waals surface area contributed by atoms with Gasteiger partial charge < -0.3 is 14.6 Å². The summed E-state index contributed by atoms with van der Waals surface area (Å²) in [6.07, 6.45) is 5.67. The molecule has 1 heterocycles. The minimum Gasteiger partial charge on any atom is -0.383 e. The Kier molecular flexibility index (Phi) is 6.63. The number of imidazole rings is 1. The molecule has 0 spiro atoms. The van der Waals surface area contributed by atoms with Gasteiger partial charge in [0.15, 0.2) is 0 Å². The minimum atomic E-state index is 0.752. The summed E-state index contributed by atoms with van der Waals surface area (Å²) < 4.78 is 7.10. The molecule has 0 bridgehead atoms. The number of rotatable bonds is 9. The lowest BCUT2D eigenvalue weighted by atomic mass is 10.2. The molecule has 0 fully saturated rings. The van der Waals surface area contributed by atoms with Crippen LogP contribution in [0.4, 0.5) is 0 Å². The highest BCUT2D eigenvalue weighted by molar-refractivity contribution is 7.99. The predicted molar refractivity (Wildman–Crippen MR) is 83.0 cm³/mol. The molecule has 0 atom stereocenters. The summed E-state index contributed by atoms with van der Waals surface area (Å²) in [6, 6.07) is 8.73. The van der Waals surface area contributed by atoms with Gasteiger partial charge in [-0.2, -0.15) is 0 Å². The molecule has 0 aliphatic rings. The van der Waals surface area contributed by atoms with Crippen LogP contribution in [0.5, 0.6) is 0 Å². The molecule has 5 heteroatoms. The van der Waals surface area contributed by atoms with Gasteiger partial charge in [-0.05, 0) is 17.7 Å². The van der Waals surface area contributed by atoms with Crippen molar-refractivity contribution < 1.29 is 4.74 Å². The van der Waals surface area contributed by atoms with Gasteiger partial charge in [-0.15, -0.1) is 11.8 Å². The number of nitrogens with zero attached hydrogens (tertiary/aromatic N) is 2. The van der Waals surface area contributed by atoms with E-state index in [1.807, 2.05) is 30.5 Å². The van der Waals surface area contributed by atoms with E-state index in [1.165, 1.54) is 10.5 Å². The molecule has 2 rings (SSSR count). The van der Waals surface area contributed by atoms with E-state index in [9.17, 15) is 0 Å². The normalized spacial score (nSPS) is 10.8. The number of aryl methyl sites for hydroxylation is 1. The van der Waals surface area contributed by atoms with Gasteiger partial charge in [0, 0.05) is 49.8 Å². The molecule has 1 N–H and O–H groups in total. The maximum atomic E-state index is 5.00. The zero-order chi connectivity index (χ0) is 14.0. The summed E-state index contributed by atoms with van der Waals surface area (Å²) in [7, 11) is 1.72. The van der Waals surface area contributed by atoms with Crippen LogP contribution >= 0.6 is 11.8 Å². The minimum absolute atomic E-state index is 0.752. The van der Waals surface area contributed by atoms with Crippen LogP contribution in [-0.2, 0) is 17.8 Å². The topological polar surface area (TPSA) is 39.1 Å². The number of benzene rings is 1. The van der Waals surface area contributed by atoms with E-state index in [2.05, 4.69) is 39.1 Å². The Morgan fingerprint density at radius 1 is 1.30 bits per heavy atom. The van der Waals surface area contributed by atoms with Crippen LogP contribution < -0.4 is 5.32 Å². The highest BCUT2D eigenvalue weighted by Crippen LogP contribution is 2.18. The molecule has 20 heavy (non-hydrogen) atoms. The summed E-state index contributed by atoms with van der Waals surface area (Å²) >= 11 is 1.87. The summed E-state index contributed by atoms with van der Waals surface area (Å²) in [5, 5.41) is 3.34. The first-order valence-electron chi connectivity index (χ1n) is 6.75. The van der Waals surface area contributed by atoms with Gasteiger partial charge in [-0.1, -0.05) is 12.1 Å². The quantitative estimate of drug-likeness (QED) is 0.569. The Hall–Kier alpha value is -1.30. The fraction of sp³-hybridized carbons (Fsp3) is 0.400. The van der Waals surface area contributed by atoms with Crippen molar-refractivity contribution in [1.82, 2.24) is 14.9 Å². The van der Waals surface area contributed by atoms with Gasteiger partial charge >= 0.3 is 0 Å². The first kappa shape index (κ1) is 15.1. The molecule has 0 aliphatic carbocycles. The third kappa shape index (κ3) is 5.36. The van der Waals surface area contributed by atoms with Crippen molar-refractivity contribution in [2.45, 2.75) is 18.0 Å². The van der Waals surface area contributed by atoms with Gasteiger partial charge in [0.1, 0.15) is 0 Å². The lowest BCUT2D eigenvalue weighted by molar-refractivity contribution is 0.199. The predicted octanol–water partition coefficient (Wildman–Crippen LogP) is 2.41. The van der Waals surface area contributed by atoms with Crippen molar-refractivity contribution >= 4 is 11.8 Å². The van der Waals surface area contributed by atoms with Gasteiger partial charge in [0.25, 0.3) is 0 Å². The van der Waals surface area contributed by atoms with E-state index in [0.717, 1.165) is 32.0 Å². The standard InChI is InChI=1S/C15H21N3OS/c1-19-10-7-16-12-14-2-4-15(5-3-14)20-11-9-18-8-6-17-13-18/h2-6,8,13,16H,7,9-12H2,1H3. The monoisotopic (exact) mass is 291 g/mol. The van der Waals surface area contributed by atoms with E-state index in [0.29, 0.717) is 0 Å². The smallest absolute Gasteiger partial charge is 0.0946 e. The summed E-state index contributed by atoms with van der Waals surface area (Å²) in [4.78, 5) is 5.35. The van der Waals surface area contributed by atoms with Crippen LogP contribution in [0.25, 0.3) is 0 Å². The van der Waals surface area contributed by atoms with Gasteiger partial charge in [0.05, 0.1) is 12.9 Å². The molecule has 2 aromatic rings. The number of ether oxygens (including phenoxy) is 1. The van der Waals surface area contributed by atoms with Crippen molar-refractivity contribution in [3.8, 4) is 0 Å². The Bertz CT molecular complexity index is 470. The second-order valence-electron chi connectivity index (χ2n) is 4.46. The fourth-order valence-corrected chi connectivity index (χ4v) is 2.66. The molecule has 1 aromatic carbocycles. The maximum Gasteiger partial charge on any atom is 0.0946 e. The molecule has 0 unspecified atom stereocenters. The van der Waals surface area contributed by atoms with Crippen molar-refractivity contribution in [3.05, 3.63) is 48.5 Å². The number of thioether (sulfide) groups is 1. The van der Waals surface area contributed by atoms with E-state index in [4.69, 9.17) is 4.74 Å². The summed E-state index contributed by atoms with van der Waals surface area (Å²) in [6.45, 7) is 3.52. The van der Waals surface area contributed by atoms with Crippen molar-refractivity contribution in [3.63, 3.8) is 0 Å². The second-order valence-corrected chi connectivity index (χ2v) is 5.63. The number of hydrogen-bond donors (Lipinski definition) is 1. The SMILES string of the molecule is COCCNCc1ccc(SCCn2ccnc2)cc1. The molecule has 0 aliphatic heterocycles. The van der Waals surface area contributed by atoms with Crippen LogP contribution in [0.2, 0.25) is 0 Å². The largest absolute Gasteiger partial charge is 0.383 e. The van der Waals surface area contributed by atoms with Crippen LogP contribution in [0.15, 0.2) is 47.9 Å². The lowest BCUT2D eigenvalue weighted by Crippen LogP contribution is -2.18. The number of hydrogen-bond acceptors (Lipinski definition) is 4. The molecule has 0 saturated carbocycles. The third-order valence-electron chi connectivity index (χ3n) is 2.91. The first-order valence-corrected chi connectivity index (χ1v) is 7.74. The van der Waals surface area contributed by atoms with Gasteiger partial charge in [0.2, 0.25) is 0 Å².